The van der Waals surface area contributed by atoms with E-state index in [0.717, 1.165) is 29.4 Å². The second kappa shape index (κ2) is 5.53. The molecule has 1 fully saturated rings. The van der Waals surface area contributed by atoms with Gasteiger partial charge in [-0.25, -0.2) is 4.79 Å². The predicted molar refractivity (Wildman–Crippen MR) is 79.1 cm³/mol. The molecule has 19 heavy (non-hydrogen) atoms. The maximum absolute atomic E-state index is 12.2. The third-order valence-electron chi connectivity index (χ3n) is 3.11. The molecule has 1 aliphatic rings. The van der Waals surface area contributed by atoms with Crippen molar-refractivity contribution in [2.75, 3.05) is 6.54 Å². The van der Waals surface area contributed by atoms with Crippen LogP contribution in [0.3, 0.4) is 0 Å². The lowest BCUT2D eigenvalue weighted by Crippen LogP contribution is -2.36. The zero-order valence-corrected chi connectivity index (χ0v) is 13.2. The summed E-state index contributed by atoms with van der Waals surface area (Å²) in [4.78, 5) is 14.1. The first kappa shape index (κ1) is 14.4. The van der Waals surface area contributed by atoms with Crippen molar-refractivity contribution in [3.05, 3.63) is 34.3 Å². The lowest BCUT2D eigenvalue weighted by atomic mass is 10.1. The average Bonchev–Trinajstić information content (AvgIpc) is 2.75. The number of hydrogen-bond acceptors (Lipinski definition) is 2. The number of rotatable bonds is 1. The summed E-state index contributed by atoms with van der Waals surface area (Å²) in [7, 11) is 0. The van der Waals surface area contributed by atoms with Gasteiger partial charge in [-0.1, -0.05) is 28.1 Å². The molecule has 2 rings (SSSR count). The molecule has 1 aliphatic heterocycles. The van der Waals surface area contributed by atoms with Crippen LogP contribution in [0.15, 0.2) is 28.7 Å². The van der Waals surface area contributed by atoms with Gasteiger partial charge in [0, 0.05) is 11.0 Å². The van der Waals surface area contributed by atoms with E-state index in [2.05, 4.69) is 28.1 Å². The molecule has 0 spiro atoms. The summed E-state index contributed by atoms with van der Waals surface area (Å²) in [6, 6.07) is 8.28. The van der Waals surface area contributed by atoms with E-state index in [1.807, 2.05) is 37.8 Å². The molecule has 1 saturated heterocycles. The summed E-state index contributed by atoms with van der Waals surface area (Å²) < 4.78 is 6.52. The van der Waals surface area contributed by atoms with Gasteiger partial charge in [0.15, 0.2) is 0 Å². The van der Waals surface area contributed by atoms with Crippen LogP contribution in [-0.4, -0.2) is 23.1 Å². The van der Waals surface area contributed by atoms with Crippen molar-refractivity contribution in [1.82, 2.24) is 4.90 Å². The Balaban J connectivity index is 2.15. The number of nitrogens with zero attached hydrogens (tertiary/aromatic N) is 1. The highest BCUT2D eigenvalue weighted by Gasteiger charge is 2.33. The molecule has 1 heterocycles. The molecule has 0 saturated carbocycles. The zero-order valence-electron chi connectivity index (χ0n) is 11.6. The number of likely N-dealkylation sites (tertiary alicyclic amines) is 1. The number of hydrogen-bond donors (Lipinski definition) is 0. The van der Waals surface area contributed by atoms with E-state index in [4.69, 9.17) is 4.74 Å². The first-order chi connectivity index (χ1) is 8.87. The maximum atomic E-state index is 12.2. The summed E-state index contributed by atoms with van der Waals surface area (Å²) in [5.74, 6) is 0. The minimum absolute atomic E-state index is 0.132. The van der Waals surface area contributed by atoms with Crippen molar-refractivity contribution in [1.29, 1.82) is 0 Å². The highest BCUT2D eigenvalue weighted by molar-refractivity contribution is 9.10. The highest BCUT2D eigenvalue weighted by Crippen LogP contribution is 2.34. The molecule has 3 nitrogen and oxygen atoms in total. The fourth-order valence-corrected chi connectivity index (χ4v) is 2.78. The predicted octanol–water partition coefficient (Wildman–Crippen LogP) is 4.52. The Morgan fingerprint density at radius 1 is 1.42 bits per heavy atom. The van der Waals surface area contributed by atoms with E-state index in [1.54, 1.807) is 0 Å². The fourth-order valence-electron chi connectivity index (χ4n) is 2.37. The van der Waals surface area contributed by atoms with Crippen LogP contribution in [0.5, 0.6) is 0 Å². The van der Waals surface area contributed by atoms with Crippen LogP contribution in [0.1, 0.15) is 45.2 Å². The maximum Gasteiger partial charge on any atom is 0.410 e. The molecule has 0 aromatic heterocycles. The number of carbonyl (C=O) groups is 1. The Hall–Kier alpha value is -1.03. The first-order valence-electron chi connectivity index (χ1n) is 6.62. The molecule has 0 radical (unpaired) electrons. The lowest BCUT2D eigenvalue weighted by Gasteiger charge is -2.28. The van der Waals surface area contributed by atoms with E-state index >= 15 is 0 Å². The van der Waals surface area contributed by atoms with Gasteiger partial charge < -0.3 is 9.64 Å². The zero-order chi connectivity index (χ0) is 14.0. The SMILES string of the molecule is CC(C)(C)OC(=O)N1CCCC1c1cccc(Br)c1. The lowest BCUT2D eigenvalue weighted by molar-refractivity contribution is 0.0224. The molecule has 0 N–H and O–H groups in total. The van der Waals surface area contributed by atoms with Crippen molar-refractivity contribution in [3.63, 3.8) is 0 Å². The van der Waals surface area contributed by atoms with E-state index < -0.39 is 5.60 Å². The topological polar surface area (TPSA) is 29.5 Å². The van der Waals surface area contributed by atoms with Crippen molar-refractivity contribution in [2.45, 2.75) is 45.3 Å². The minimum Gasteiger partial charge on any atom is -0.444 e. The van der Waals surface area contributed by atoms with Crippen molar-refractivity contribution < 1.29 is 9.53 Å². The molecule has 104 valence electrons. The number of halogens is 1. The van der Waals surface area contributed by atoms with E-state index in [9.17, 15) is 4.79 Å². The van der Waals surface area contributed by atoms with Crippen molar-refractivity contribution in [2.24, 2.45) is 0 Å². The third-order valence-corrected chi connectivity index (χ3v) is 3.61. The standard InChI is InChI=1S/C15H20BrNO2/c1-15(2,3)19-14(18)17-9-5-8-13(17)11-6-4-7-12(16)10-11/h4,6-7,10,13H,5,8-9H2,1-3H3. The van der Waals surface area contributed by atoms with Gasteiger partial charge in [0.2, 0.25) is 0 Å². The van der Waals surface area contributed by atoms with Gasteiger partial charge in [-0.2, -0.15) is 0 Å². The number of amides is 1. The largest absolute Gasteiger partial charge is 0.444 e. The van der Waals surface area contributed by atoms with Gasteiger partial charge in [-0.3, -0.25) is 0 Å². The molecule has 1 amide bonds. The minimum atomic E-state index is -0.443. The van der Waals surface area contributed by atoms with Crippen LogP contribution in [-0.2, 0) is 4.74 Å². The average molecular weight is 326 g/mol. The van der Waals surface area contributed by atoms with E-state index in [-0.39, 0.29) is 12.1 Å². The van der Waals surface area contributed by atoms with Crippen LogP contribution in [0.4, 0.5) is 4.79 Å². The molecule has 4 heteroatoms. The van der Waals surface area contributed by atoms with Crippen LogP contribution in [0.25, 0.3) is 0 Å². The summed E-state index contributed by atoms with van der Waals surface area (Å²) in [5, 5.41) is 0. The molecule has 1 aromatic rings. The Morgan fingerprint density at radius 2 is 2.16 bits per heavy atom. The molecular formula is C15H20BrNO2. The van der Waals surface area contributed by atoms with Crippen LogP contribution in [0.2, 0.25) is 0 Å². The van der Waals surface area contributed by atoms with E-state index in [1.165, 1.54) is 0 Å². The van der Waals surface area contributed by atoms with Crippen LogP contribution >= 0.6 is 15.9 Å². The van der Waals surface area contributed by atoms with Crippen LogP contribution in [0, 0.1) is 0 Å². The number of ether oxygens (including phenoxy) is 1. The van der Waals surface area contributed by atoms with Crippen molar-refractivity contribution in [3.8, 4) is 0 Å². The third kappa shape index (κ3) is 3.72. The Bertz CT molecular complexity index is 467. The van der Waals surface area contributed by atoms with Crippen LogP contribution < -0.4 is 0 Å². The number of benzene rings is 1. The number of carbonyl (C=O) groups excluding carboxylic acids is 1. The monoisotopic (exact) mass is 325 g/mol. The van der Waals surface area contributed by atoms with E-state index in [0.29, 0.717) is 0 Å². The second-order valence-electron chi connectivity index (χ2n) is 5.89. The Kier molecular flexibility index (Phi) is 4.19. The first-order valence-corrected chi connectivity index (χ1v) is 7.41. The summed E-state index contributed by atoms with van der Waals surface area (Å²) in [5.41, 5.74) is 0.722. The molecular weight excluding hydrogens is 306 g/mol. The van der Waals surface area contributed by atoms with Crippen molar-refractivity contribution >= 4 is 22.0 Å². The summed E-state index contributed by atoms with van der Waals surface area (Å²) >= 11 is 3.48. The Labute approximate surface area is 123 Å². The van der Waals surface area contributed by atoms with Gasteiger partial charge in [0.05, 0.1) is 6.04 Å². The van der Waals surface area contributed by atoms with Gasteiger partial charge in [-0.15, -0.1) is 0 Å². The van der Waals surface area contributed by atoms with Gasteiger partial charge in [0.25, 0.3) is 0 Å². The fraction of sp³-hybridized carbons (Fsp3) is 0.533. The quantitative estimate of drug-likeness (QED) is 0.759. The summed E-state index contributed by atoms with van der Waals surface area (Å²) in [6.45, 7) is 6.46. The molecule has 1 atom stereocenters. The molecule has 1 aromatic carbocycles. The van der Waals surface area contributed by atoms with Gasteiger partial charge in [0.1, 0.15) is 5.60 Å². The molecule has 0 bridgehead atoms. The van der Waals surface area contributed by atoms with Gasteiger partial charge >= 0.3 is 6.09 Å². The second-order valence-corrected chi connectivity index (χ2v) is 6.80. The smallest absolute Gasteiger partial charge is 0.410 e. The Morgan fingerprint density at radius 3 is 2.79 bits per heavy atom. The molecule has 0 aliphatic carbocycles. The van der Waals surface area contributed by atoms with Gasteiger partial charge in [-0.05, 0) is 51.3 Å². The normalized spacial score (nSPS) is 19.6. The summed E-state index contributed by atoms with van der Waals surface area (Å²) in [6.07, 6.45) is 1.81. The highest BCUT2D eigenvalue weighted by atomic mass is 79.9. The molecule has 1 unspecified atom stereocenters.